The molecule has 9 rings (SSSR count). The summed E-state index contributed by atoms with van der Waals surface area (Å²) in [6.07, 6.45) is 10.7. The quantitative estimate of drug-likeness (QED) is 0.209. The first kappa shape index (κ1) is 24.9. The van der Waals surface area contributed by atoms with Crippen LogP contribution >= 0.6 is 0 Å². The van der Waals surface area contributed by atoms with Gasteiger partial charge >= 0.3 is 0 Å². The van der Waals surface area contributed by atoms with E-state index in [1.807, 2.05) is 12.4 Å². The van der Waals surface area contributed by atoms with Gasteiger partial charge in [-0.25, -0.2) is 0 Å². The third-order valence-corrected chi connectivity index (χ3v) is 9.04. The SMILES string of the molecule is C1=Cc2c(n(-c3cccc(-c4cncc(-c5cccc(-n6c7ccccc7c7ccccc76)c5)c4)c3)c3ccccc23)CC1. The minimum atomic E-state index is 1.05. The van der Waals surface area contributed by atoms with E-state index in [0.717, 1.165) is 40.8 Å². The van der Waals surface area contributed by atoms with Gasteiger partial charge in [-0.1, -0.05) is 91.0 Å². The first-order valence-electron chi connectivity index (χ1n) is 15.3. The summed E-state index contributed by atoms with van der Waals surface area (Å²) in [6.45, 7) is 0. The van der Waals surface area contributed by atoms with Crippen molar-refractivity contribution in [2.24, 2.45) is 0 Å². The van der Waals surface area contributed by atoms with Gasteiger partial charge in [-0.05, 0) is 72.5 Å². The van der Waals surface area contributed by atoms with Crippen LogP contribution in [-0.2, 0) is 6.42 Å². The Morgan fingerprint density at radius 1 is 0.477 bits per heavy atom. The summed E-state index contributed by atoms with van der Waals surface area (Å²) in [5.74, 6) is 0. The minimum Gasteiger partial charge on any atom is -0.313 e. The third kappa shape index (κ3) is 3.86. The van der Waals surface area contributed by atoms with E-state index >= 15 is 0 Å². The number of aromatic nitrogens is 3. The zero-order valence-electron chi connectivity index (χ0n) is 24.2. The van der Waals surface area contributed by atoms with Gasteiger partial charge in [0.2, 0.25) is 0 Å². The van der Waals surface area contributed by atoms with Gasteiger partial charge in [-0.3, -0.25) is 4.98 Å². The number of benzene rings is 5. The number of hydrogen-bond acceptors (Lipinski definition) is 1. The van der Waals surface area contributed by atoms with Gasteiger partial charge in [0.25, 0.3) is 0 Å². The molecule has 3 heteroatoms. The summed E-state index contributed by atoms with van der Waals surface area (Å²) in [4.78, 5) is 4.72. The lowest BCUT2D eigenvalue weighted by Gasteiger charge is -2.15. The molecule has 0 radical (unpaired) electrons. The normalized spacial score (nSPS) is 12.7. The second kappa shape index (κ2) is 9.96. The Morgan fingerprint density at radius 2 is 1.02 bits per heavy atom. The molecule has 0 N–H and O–H groups in total. The molecule has 3 nitrogen and oxygen atoms in total. The highest BCUT2D eigenvalue weighted by Crippen LogP contribution is 2.36. The molecule has 0 atom stereocenters. The van der Waals surface area contributed by atoms with Crippen LogP contribution in [0.15, 0.2) is 146 Å². The van der Waals surface area contributed by atoms with E-state index < -0.39 is 0 Å². The molecule has 1 aliphatic rings. The number of hydrogen-bond donors (Lipinski definition) is 0. The van der Waals surface area contributed by atoms with Crippen LogP contribution in [0.2, 0.25) is 0 Å². The number of fused-ring (bicyclic) bond motifs is 6. The highest BCUT2D eigenvalue weighted by molar-refractivity contribution is 6.09. The van der Waals surface area contributed by atoms with E-state index in [4.69, 9.17) is 4.98 Å². The van der Waals surface area contributed by atoms with Gasteiger partial charge in [-0.15, -0.1) is 0 Å². The van der Waals surface area contributed by atoms with Crippen molar-refractivity contribution >= 4 is 38.8 Å². The van der Waals surface area contributed by atoms with Crippen molar-refractivity contribution in [2.75, 3.05) is 0 Å². The molecular formula is C41H29N3. The maximum atomic E-state index is 4.72. The molecule has 0 fully saturated rings. The van der Waals surface area contributed by atoms with Crippen molar-refractivity contribution in [2.45, 2.75) is 12.8 Å². The Balaban J connectivity index is 1.14. The standard InChI is InChI=1S/C41H29N3/c1-5-19-38-34(15-1)35-16-2-6-20-39(35)43(38)32-13-9-11-28(24-32)30-23-31(27-42-26-30)29-12-10-14-33(25-29)44-40-21-7-3-17-36(40)37-18-4-8-22-41(37)44/h1-7,9-21,23-27H,8,22H2. The van der Waals surface area contributed by atoms with E-state index in [9.17, 15) is 0 Å². The average Bonchev–Trinajstić information content (AvgIpc) is 3.62. The lowest BCUT2D eigenvalue weighted by molar-refractivity contribution is 0.889. The van der Waals surface area contributed by atoms with Crippen molar-refractivity contribution in [1.29, 1.82) is 0 Å². The van der Waals surface area contributed by atoms with E-state index in [2.05, 4.69) is 149 Å². The van der Waals surface area contributed by atoms with Crippen LogP contribution in [0.4, 0.5) is 0 Å². The van der Waals surface area contributed by atoms with Gasteiger partial charge in [-0.2, -0.15) is 0 Å². The number of nitrogens with zero attached hydrogens (tertiary/aromatic N) is 3. The van der Waals surface area contributed by atoms with Crippen LogP contribution in [0.3, 0.4) is 0 Å². The molecule has 1 aliphatic carbocycles. The molecule has 0 saturated carbocycles. The monoisotopic (exact) mass is 563 g/mol. The van der Waals surface area contributed by atoms with Crippen molar-refractivity contribution in [3.8, 4) is 33.6 Å². The summed E-state index contributed by atoms with van der Waals surface area (Å²) in [6, 6.07) is 46.0. The number of pyridine rings is 1. The van der Waals surface area contributed by atoms with E-state index in [1.165, 1.54) is 49.7 Å². The molecule has 0 amide bonds. The lowest BCUT2D eigenvalue weighted by Crippen LogP contribution is -2.03. The number of allylic oxidation sites excluding steroid dienone is 1. The fraction of sp³-hybridized carbons (Fsp3) is 0.0488. The molecular weight excluding hydrogens is 534 g/mol. The van der Waals surface area contributed by atoms with Gasteiger partial charge in [0.05, 0.1) is 16.6 Å². The largest absolute Gasteiger partial charge is 0.313 e. The Morgan fingerprint density at radius 3 is 1.66 bits per heavy atom. The Hall–Kier alpha value is -5.67. The van der Waals surface area contributed by atoms with Gasteiger partial charge < -0.3 is 9.13 Å². The second-order valence-electron chi connectivity index (χ2n) is 11.6. The second-order valence-corrected chi connectivity index (χ2v) is 11.6. The molecule has 0 bridgehead atoms. The fourth-order valence-electron chi connectivity index (χ4n) is 7.07. The highest BCUT2D eigenvalue weighted by atomic mass is 15.0. The van der Waals surface area contributed by atoms with Crippen molar-refractivity contribution < 1.29 is 0 Å². The summed E-state index contributed by atoms with van der Waals surface area (Å²) in [5.41, 5.74) is 13.3. The van der Waals surface area contributed by atoms with Crippen molar-refractivity contribution in [3.63, 3.8) is 0 Å². The molecule has 44 heavy (non-hydrogen) atoms. The van der Waals surface area contributed by atoms with Gasteiger partial charge in [0.1, 0.15) is 0 Å². The molecule has 0 spiro atoms. The summed E-state index contributed by atoms with van der Waals surface area (Å²) in [7, 11) is 0. The molecule has 5 aromatic carbocycles. The summed E-state index contributed by atoms with van der Waals surface area (Å²) >= 11 is 0. The Kier molecular flexibility index (Phi) is 5.63. The first-order valence-corrected chi connectivity index (χ1v) is 15.3. The Bertz CT molecular complexity index is 2350. The molecule has 8 aromatic rings. The molecule has 0 aliphatic heterocycles. The molecule has 208 valence electrons. The zero-order chi connectivity index (χ0) is 29.0. The van der Waals surface area contributed by atoms with Gasteiger partial charge in [0.15, 0.2) is 0 Å². The Labute approximate surface area is 256 Å². The average molecular weight is 564 g/mol. The van der Waals surface area contributed by atoms with Crippen LogP contribution in [0.5, 0.6) is 0 Å². The number of rotatable bonds is 4. The lowest BCUT2D eigenvalue weighted by atomic mass is 10.0. The third-order valence-electron chi connectivity index (χ3n) is 9.04. The number of para-hydroxylation sites is 3. The van der Waals surface area contributed by atoms with Crippen LogP contribution < -0.4 is 0 Å². The molecule has 0 unspecified atom stereocenters. The van der Waals surface area contributed by atoms with Crippen LogP contribution in [-0.4, -0.2) is 14.1 Å². The van der Waals surface area contributed by atoms with Crippen LogP contribution in [0.25, 0.3) is 72.4 Å². The molecule has 0 saturated heterocycles. The topological polar surface area (TPSA) is 22.8 Å². The molecule has 3 aromatic heterocycles. The summed E-state index contributed by atoms with van der Waals surface area (Å²) < 4.78 is 4.82. The van der Waals surface area contributed by atoms with Crippen LogP contribution in [0, 0.1) is 0 Å². The highest BCUT2D eigenvalue weighted by Gasteiger charge is 2.18. The predicted molar refractivity (Wildman–Crippen MR) is 184 cm³/mol. The van der Waals surface area contributed by atoms with E-state index in [1.54, 1.807) is 0 Å². The maximum Gasteiger partial charge on any atom is 0.0541 e. The minimum absolute atomic E-state index is 1.05. The molecule has 3 heterocycles. The van der Waals surface area contributed by atoms with Gasteiger partial charge in [0, 0.05) is 62.3 Å². The van der Waals surface area contributed by atoms with Crippen molar-refractivity contribution in [1.82, 2.24) is 14.1 Å². The van der Waals surface area contributed by atoms with Crippen molar-refractivity contribution in [3.05, 3.63) is 157 Å². The fourth-order valence-corrected chi connectivity index (χ4v) is 7.07. The van der Waals surface area contributed by atoms with E-state index in [0.29, 0.717) is 0 Å². The smallest absolute Gasteiger partial charge is 0.0541 e. The first-order chi connectivity index (χ1) is 21.8. The summed E-state index contributed by atoms with van der Waals surface area (Å²) in [5, 5.41) is 3.85. The van der Waals surface area contributed by atoms with Crippen LogP contribution in [0.1, 0.15) is 17.7 Å². The zero-order valence-corrected chi connectivity index (χ0v) is 24.2. The predicted octanol–water partition coefficient (Wildman–Crippen LogP) is 10.4. The maximum absolute atomic E-state index is 4.72. The van der Waals surface area contributed by atoms with E-state index in [-0.39, 0.29) is 0 Å².